The van der Waals surface area contributed by atoms with E-state index in [0.717, 1.165) is 55.6 Å². The van der Waals surface area contributed by atoms with Gasteiger partial charge in [-0.2, -0.15) is 0 Å². The van der Waals surface area contributed by atoms with E-state index in [1.54, 1.807) is 0 Å². The Hall–Kier alpha value is -3.79. The average Bonchev–Trinajstić information content (AvgIpc) is 3.37. The summed E-state index contributed by atoms with van der Waals surface area (Å²) >= 11 is 0. The lowest BCUT2D eigenvalue weighted by Gasteiger charge is -2.30. The number of rotatable bonds is 2. The van der Waals surface area contributed by atoms with Crippen molar-refractivity contribution in [3.8, 4) is 0 Å². The van der Waals surface area contributed by atoms with Crippen LogP contribution in [0.1, 0.15) is 28.1 Å². The number of H-pyrrole nitrogens is 2. The summed E-state index contributed by atoms with van der Waals surface area (Å²) in [4.78, 5) is 23.3. The molecule has 0 fully saturated rings. The van der Waals surface area contributed by atoms with Crippen molar-refractivity contribution in [3.05, 3.63) is 101 Å². The molecule has 0 radical (unpaired) electrons. The van der Waals surface area contributed by atoms with Crippen LogP contribution in [0.15, 0.2) is 72.8 Å². The third kappa shape index (κ3) is 2.12. The van der Waals surface area contributed by atoms with Crippen LogP contribution in [0.3, 0.4) is 0 Å². The van der Waals surface area contributed by atoms with Crippen LogP contribution in [-0.4, -0.2) is 22.9 Å². The molecule has 2 N–H and O–H groups in total. The zero-order valence-corrected chi connectivity index (χ0v) is 17.8. The zero-order valence-electron chi connectivity index (χ0n) is 17.8. The minimum Gasteiger partial charge on any atom is -0.358 e. The van der Waals surface area contributed by atoms with Gasteiger partial charge in [0.2, 0.25) is 5.91 Å². The molecular weight excluding hydrogens is 382 g/mol. The number of likely N-dealkylation sites (N-methyl/N-ethyl adjacent to an activating group) is 1. The van der Waals surface area contributed by atoms with Gasteiger partial charge >= 0.3 is 0 Å². The quantitative estimate of drug-likeness (QED) is 0.396. The number of hydrogen-bond donors (Lipinski definition) is 2. The average molecular weight is 406 g/mol. The summed E-state index contributed by atoms with van der Waals surface area (Å²) < 4.78 is 0. The maximum absolute atomic E-state index is 14.4. The molecule has 0 bridgehead atoms. The lowest BCUT2D eigenvalue weighted by molar-refractivity contribution is -0.120. The van der Waals surface area contributed by atoms with E-state index in [9.17, 15) is 4.79 Å². The van der Waals surface area contributed by atoms with Crippen molar-refractivity contribution in [2.24, 2.45) is 0 Å². The SMILES string of the molecule is Cc1[nH]c2ccccc2c1C1(c2c(C)[nH]c3ccccc23)C(=O)N(C)c2ccccc21. The van der Waals surface area contributed by atoms with Gasteiger partial charge in [0.15, 0.2) is 0 Å². The highest BCUT2D eigenvalue weighted by Gasteiger charge is 2.55. The van der Waals surface area contributed by atoms with E-state index in [2.05, 4.69) is 54.1 Å². The van der Waals surface area contributed by atoms with Gasteiger partial charge in [-0.05, 0) is 32.0 Å². The lowest BCUT2D eigenvalue weighted by Crippen LogP contribution is -2.41. The molecule has 1 amide bonds. The number of fused-ring (bicyclic) bond motifs is 3. The molecule has 31 heavy (non-hydrogen) atoms. The highest BCUT2D eigenvalue weighted by molar-refractivity contribution is 6.17. The van der Waals surface area contributed by atoms with E-state index in [4.69, 9.17) is 0 Å². The molecule has 0 spiro atoms. The van der Waals surface area contributed by atoms with Crippen LogP contribution in [0.4, 0.5) is 5.69 Å². The molecule has 152 valence electrons. The molecule has 0 saturated heterocycles. The Morgan fingerprint density at radius 2 is 1.19 bits per heavy atom. The number of anilines is 1. The molecule has 5 aromatic rings. The Balaban J connectivity index is 1.87. The first kappa shape index (κ1) is 18.0. The summed E-state index contributed by atoms with van der Waals surface area (Å²) in [6, 6.07) is 24.7. The lowest BCUT2D eigenvalue weighted by atomic mass is 9.68. The summed E-state index contributed by atoms with van der Waals surface area (Å²) in [5, 5.41) is 2.17. The largest absolute Gasteiger partial charge is 0.358 e. The van der Waals surface area contributed by atoms with E-state index >= 15 is 0 Å². The molecular formula is C27H23N3O. The molecule has 0 saturated carbocycles. The van der Waals surface area contributed by atoms with E-state index in [1.807, 2.05) is 54.4 Å². The summed E-state index contributed by atoms with van der Waals surface area (Å²) in [5.74, 6) is 0.0782. The molecule has 6 rings (SSSR count). The minimum atomic E-state index is -0.932. The molecule has 1 aliphatic rings. The minimum absolute atomic E-state index is 0.0782. The second-order valence-corrected chi connectivity index (χ2v) is 8.47. The number of aryl methyl sites for hydroxylation is 2. The topological polar surface area (TPSA) is 51.9 Å². The fraction of sp³-hybridized carbons (Fsp3) is 0.148. The van der Waals surface area contributed by atoms with Crippen LogP contribution >= 0.6 is 0 Å². The normalized spacial score (nSPS) is 15.2. The first-order valence-electron chi connectivity index (χ1n) is 10.6. The van der Waals surface area contributed by atoms with Crippen molar-refractivity contribution >= 4 is 33.4 Å². The molecule has 3 heterocycles. The molecule has 1 aliphatic heterocycles. The first-order chi connectivity index (χ1) is 15.0. The number of nitrogens with zero attached hydrogens (tertiary/aromatic N) is 1. The Kier molecular flexibility index (Phi) is 3.55. The number of hydrogen-bond acceptors (Lipinski definition) is 1. The zero-order chi connectivity index (χ0) is 21.3. The van der Waals surface area contributed by atoms with Crippen molar-refractivity contribution in [2.75, 3.05) is 11.9 Å². The van der Waals surface area contributed by atoms with Gasteiger partial charge < -0.3 is 14.9 Å². The fourth-order valence-electron chi connectivity index (χ4n) is 5.69. The van der Waals surface area contributed by atoms with Gasteiger partial charge in [0.25, 0.3) is 0 Å². The van der Waals surface area contributed by atoms with E-state index < -0.39 is 5.41 Å². The maximum atomic E-state index is 14.4. The van der Waals surface area contributed by atoms with E-state index in [0.29, 0.717) is 0 Å². The highest BCUT2D eigenvalue weighted by atomic mass is 16.2. The van der Waals surface area contributed by atoms with Gasteiger partial charge in [0.05, 0.1) is 0 Å². The third-order valence-electron chi connectivity index (χ3n) is 6.83. The van der Waals surface area contributed by atoms with Crippen LogP contribution in [0.2, 0.25) is 0 Å². The number of carbonyl (C=O) groups is 1. The third-order valence-corrected chi connectivity index (χ3v) is 6.83. The van der Waals surface area contributed by atoms with Crippen molar-refractivity contribution in [3.63, 3.8) is 0 Å². The number of amides is 1. The van der Waals surface area contributed by atoms with Crippen LogP contribution < -0.4 is 4.90 Å². The second-order valence-electron chi connectivity index (χ2n) is 8.47. The summed E-state index contributed by atoms with van der Waals surface area (Å²) in [6.07, 6.45) is 0. The molecule has 4 nitrogen and oxygen atoms in total. The van der Waals surface area contributed by atoms with Crippen molar-refractivity contribution in [1.29, 1.82) is 0 Å². The predicted octanol–water partition coefficient (Wildman–Crippen LogP) is 5.58. The number of aromatic nitrogens is 2. The number of benzene rings is 3. The van der Waals surface area contributed by atoms with Gasteiger partial charge in [-0.25, -0.2) is 0 Å². The fourth-order valence-corrected chi connectivity index (χ4v) is 5.69. The molecule has 4 heteroatoms. The van der Waals surface area contributed by atoms with Gasteiger partial charge in [-0.15, -0.1) is 0 Å². The van der Waals surface area contributed by atoms with Crippen molar-refractivity contribution in [1.82, 2.24) is 9.97 Å². The predicted molar refractivity (Wildman–Crippen MR) is 126 cm³/mol. The second kappa shape index (κ2) is 6.11. The van der Waals surface area contributed by atoms with E-state index in [1.165, 1.54) is 0 Å². The highest BCUT2D eigenvalue weighted by Crippen LogP contribution is 2.54. The Labute approximate surface area is 180 Å². The monoisotopic (exact) mass is 405 g/mol. The summed E-state index contributed by atoms with van der Waals surface area (Å²) in [6.45, 7) is 4.16. The van der Waals surface area contributed by atoms with Crippen LogP contribution in [0.25, 0.3) is 21.8 Å². The maximum Gasteiger partial charge on any atom is 0.246 e. The van der Waals surface area contributed by atoms with Crippen molar-refractivity contribution in [2.45, 2.75) is 19.3 Å². The van der Waals surface area contributed by atoms with Crippen LogP contribution in [0.5, 0.6) is 0 Å². The van der Waals surface area contributed by atoms with Gasteiger partial charge in [-0.3, -0.25) is 4.79 Å². The number of para-hydroxylation sites is 3. The van der Waals surface area contributed by atoms with Gasteiger partial charge in [0, 0.05) is 62.6 Å². The molecule has 2 aromatic heterocycles. The van der Waals surface area contributed by atoms with Crippen LogP contribution in [0, 0.1) is 13.8 Å². The Bertz CT molecular complexity index is 1420. The van der Waals surface area contributed by atoms with Gasteiger partial charge in [0.1, 0.15) is 5.41 Å². The van der Waals surface area contributed by atoms with Gasteiger partial charge in [-0.1, -0.05) is 54.6 Å². The van der Waals surface area contributed by atoms with Crippen LogP contribution in [-0.2, 0) is 10.2 Å². The first-order valence-corrected chi connectivity index (χ1v) is 10.6. The smallest absolute Gasteiger partial charge is 0.246 e. The number of nitrogens with one attached hydrogen (secondary N) is 2. The molecule has 0 atom stereocenters. The Morgan fingerprint density at radius 1 is 0.710 bits per heavy atom. The molecule has 0 unspecified atom stereocenters. The summed E-state index contributed by atoms with van der Waals surface area (Å²) in [7, 11) is 1.89. The Morgan fingerprint density at radius 3 is 1.77 bits per heavy atom. The standard InChI is InChI=1S/C27H23N3O/c1-16-24(18-10-4-7-13-21(18)28-16)27(20-12-6-9-15-23(20)30(3)26(27)31)25-17(2)29-22-14-8-5-11-19(22)25/h4-15,28-29H,1-3H3. The number of aromatic amines is 2. The molecule has 3 aromatic carbocycles. The molecule has 0 aliphatic carbocycles. The van der Waals surface area contributed by atoms with E-state index in [-0.39, 0.29) is 5.91 Å². The number of carbonyl (C=O) groups excluding carboxylic acids is 1. The summed E-state index contributed by atoms with van der Waals surface area (Å²) in [5.41, 5.74) is 7.27. The van der Waals surface area contributed by atoms with Crippen molar-refractivity contribution < 1.29 is 4.79 Å².